The van der Waals surface area contributed by atoms with Crippen molar-refractivity contribution in [3.05, 3.63) is 53.9 Å². The maximum Gasteiger partial charge on any atom is 0.102 e. The maximum atomic E-state index is 10.8. The minimum atomic E-state index is -0.911. The Labute approximate surface area is 150 Å². The van der Waals surface area contributed by atoms with Crippen molar-refractivity contribution in [1.29, 1.82) is 0 Å². The van der Waals surface area contributed by atoms with Gasteiger partial charge in [-0.2, -0.15) is 5.10 Å². The van der Waals surface area contributed by atoms with E-state index in [1.165, 1.54) is 5.56 Å². The largest absolute Gasteiger partial charge is 0.384 e. The van der Waals surface area contributed by atoms with E-state index in [9.17, 15) is 5.11 Å². The molecule has 0 amide bonds. The van der Waals surface area contributed by atoms with Crippen LogP contribution < -0.4 is 5.32 Å². The molecule has 2 N–H and O–H groups in total. The van der Waals surface area contributed by atoms with Crippen molar-refractivity contribution in [2.24, 2.45) is 7.05 Å². The molecule has 3 rings (SSSR count). The highest BCUT2D eigenvalue weighted by Gasteiger charge is 2.38. The molecule has 2 heterocycles. The van der Waals surface area contributed by atoms with Crippen LogP contribution in [0.1, 0.15) is 38.3 Å². The summed E-state index contributed by atoms with van der Waals surface area (Å²) in [4.78, 5) is 2.53. The molecule has 1 aliphatic rings. The van der Waals surface area contributed by atoms with E-state index < -0.39 is 5.60 Å². The first-order valence-electron chi connectivity index (χ1n) is 9.00. The molecule has 0 aliphatic carbocycles. The molecule has 136 valence electrons. The van der Waals surface area contributed by atoms with Crippen molar-refractivity contribution in [1.82, 2.24) is 20.0 Å². The first-order chi connectivity index (χ1) is 11.8. The highest BCUT2D eigenvalue weighted by atomic mass is 16.3. The zero-order chi connectivity index (χ0) is 18.1. The third kappa shape index (κ3) is 4.29. The molecule has 2 aromatic rings. The molecule has 2 unspecified atom stereocenters. The summed E-state index contributed by atoms with van der Waals surface area (Å²) in [6, 6.07) is 11.0. The van der Waals surface area contributed by atoms with Crippen molar-refractivity contribution in [2.45, 2.75) is 50.9 Å². The van der Waals surface area contributed by atoms with Gasteiger partial charge in [0.15, 0.2) is 0 Å². The van der Waals surface area contributed by atoms with Gasteiger partial charge in [-0.05, 0) is 32.8 Å². The fourth-order valence-electron chi connectivity index (χ4n) is 3.67. The van der Waals surface area contributed by atoms with Crippen LogP contribution in [0.5, 0.6) is 0 Å². The molecular formula is C20H30N4O. The van der Waals surface area contributed by atoms with E-state index >= 15 is 0 Å². The van der Waals surface area contributed by atoms with Crippen LogP contribution in [0.2, 0.25) is 0 Å². The Morgan fingerprint density at radius 2 is 2.04 bits per heavy atom. The second kappa shape index (κ2) is 6.90. The first kappa shape index (κ1) is 18.1. The lowest BCUT2D eigenvalue weighted by atomic mass is 9.97. The summed E-state index contributed by atoms with van der Waals surface area (Å²) >= 11 is 0. The van der Waals surface area contributed by atoms with Gasteiger partial charge in [-0.15, -0.1) is 0 Å². The zero-order valence-electron chi connectivity index (χ0n) is 15.7. The lowest BCUT2D eigenvalue weighted by Gasteiger charge is -2.31. The van der Waals surface area contributed by atoms with Gasteiger partial charge in [0.1, 0.15) is 5.60 Å². The predicted molar refractivity (Wildman–Crippen MR) is 100 cm³/mol. The SMILES string of the molecule is Cn1cc(C(C)(O)CNC2CN(Cc3ccccc3)C(C)(C)C2)cn1. The van der Waals surface area contributed by atoms with E-state index in [2.05, 4.69) is 59.5 Å². The Balaban J connectivity index is 1.59. The smallest absolute Gasteiger partial charge is 0.102 e. The van der Waals surface area contributed by atoms with Gasteiger partial charge in [0.2, 0.25) is 0 Å². The van der Waals surface area contributed by atoms with E-state index in [-0.39, 0.29) is 5.54 Å². The van der Waals surface area contributed by atoms with E-state index in [0.717, 1.165) is 25.1 Å². The van der Waals surface area contributed by atoms with E-state index in [0.29, 0.717) is 12.6 Å². The molecule has 0 saturated carbocycles. The molecule has 1 fully saturated rings. The number of nitrogens with zero attached hydrogens (tertiary/aromatic N) is 3. The molecule has 0 bridgehead atoms. The number of likely N-dealkylation sites (tertiary alicyclic amines) is 1. The van der Waals surface area contributed by atoms with Crippen LogP contribution in [0, 0.1) is 0 Å². The van der Waals surface area contributed by atoms with Gasteiger partial charge in [0.05, 0.1) is 6.20 Å². The lowest BCUT2D eigenvalue weighted by Crippen LogP contribution is -2.41. The Kier molecular flexibility index (Phi) is 5.00. The fourth-order valence-corrected chi connectivity index (χ4v) is 3.67. The number of hydrogen-bond acceptors (Lipinski definition) is 4. The standard InChI is InChI=1S/C20H30N4O/c1-19(2)10-18(14-24(19)12-16-8-6-5-7-9-16)21-15-20(3,25)17-11-22-23(4)13-17/h5-9,11,13,18,21,25H,10,12,14-15H2,1-4H3. The summed E-state index contributed by atoms with van der Waals surface area (Å²) in [5.74, 6) is 0. The topological polar surface area (TPSA) is 53.3 Å². The van der Waals surface area contributed by atoms with Crippen LogP contribution in [0.25, 0.3) is 0 Å². The normalized spacial score (nSPS) is 22.8. The molecule has 5 heteroatoms. The Morgan fingerprint density at radius 1 is 1.32 bits per heavy atom. The van der Waals surface area contributed by atoms with Crippen LogP contribution >= 0.6 is 0 Å². The van der Waals surface area contributed by atoms with Crippen LogP contribution in [0.3, 0.4) is 0 Å². The molecule has 0 radical (unpaired) electrons. The molecule has 2 atom stereocenters. The average molecular weight is 342 g/mol. The van der Waals surface area contributed by atoms with Crippen molar-refractivity contribution in [2.75, 3.05) is 13.1 Å². The van der Waals surface area contributed by atoms with Gasteiger partial charge in [0.25, 0.3) is 0 Å². The number of aromatic nitrogens is 2. The number of aryl methyl sites for hydroxylation is 1. The Bertz CT molecular complexity index is 693. The highest BCUT2D eigenvalue weighted by molar-refractivity contribution is 5.16. The summed E-state index contributed by atoms with van der Waals surface area (Å²) in [7, 11) is 1.87. The van der Waals surface area contributed by atoms with E-state index in [1.54, 1.807) is 10.9 Å². The third-order valence-electron chi connectivity index (χ3n) is 5.32. The molecule has 1 saturated heterocycles. The summed E-state index contributed by atoms with van der Waals surface area (Å²) in [5.41, 5.74) is 1.43. The predicted octanol–water partition coefficient (Wildman–Crippen LogP) is 2.27. The quantitative estimate of drug-likeness (QED) is 0.846. The van der Waals surface area contributed by atoms with Gasteiger partial charge in [0, 0.05) is 50.0 Å². The molecule has 5 nitrogen and oxygen atoms in total. The minimum Gasteiger partial charge on any atom is -0.384 e. The monoisotopic (exact) mass is 342 g/mol. The summed E-state index contributed by atoms with van der Waals surface area (Å²) in [6.45, 7) is 8.93. The molecule has 1 aromatic heterocycles. The number of benzene rings is 1. The molecular weight excluding hydrogens is 312 g/mol. The molecule has 25 heavy (non-hydrogen) atoms. The maximum absolute atomic E-state index is 10.8. The number of rotatable bonds is 6. The first-order valence-corrected chi connectivity index (χ1v) is 9.00. The highest BCUT2D eigenvalue weighted by Crippen LogP contribution is 2.31. The summed E-state index contributed by atoms with van der Waals surface area (Å²) in [6.07, 6.45) is 4.69. The van der Waals surface area contributed by atoms with Crippen LogP contribution in [-0.4, -0.2) is 44.5 Å². The van der Waals surface area contributed by atoms with Crippen LogP contribution in [-0.2, 0) is 19.2 Å². The lowest BCUT2D eigenvalue weighted by molar-refractivity contribution is 0.0539. The summed E-state index contributed by atoms with van der Waals surface area (Å²) in [5, 5.41) is 18.5. The van der Waals surface area contributed by atoms with Crippen LogP contribution in [0.15, 0.2) is 42.7 Å². The summed E-state index contributed by atoms with van der Waals surface area (Å²) < 4.78 is 1.73. The number of nitrogens with one attached hydrogen (secondary N) is 1. The van der Waals surface area contributed by atoms with Gasteiger partial charge in [-0.3, -0.25) is 9.58 Å². The molecule has 0 spiro atoms. The van der Waals surface area contributed by atoms with Crippen molar-refractivity contribution >= 4 is 0 Å². The van der Waals surface area contributed by atoms with Crippen LogP contribution in [0.4, 0.5) is 0 Å². The van der Waals surface area contributed by atoms with Gasteiger partial charge < -0.3 is 10.4 Å². The van der Waals surface area contributed by atoms with E-state index in [1.807, 2.05) is 20.2 Å². The third-order valence-corrected chi connectivity index (χ3v) is 5.32. The second-order valence-electron chi connectivity index (χ2n) is 8.14. The fraction of sp³-hybridized carbons (Fsp3) is 0.550. The van der Waals surface area contributed by atoms with Crippen molar-refractivity contribution in [3.8, 4) is 0 Å². The van der Waals surface area contributed by atoms with Crippen molar-refractivity contribution in [3.63, 3.8) is 0 Å². The molecule has 1 aliphatic heterocycles. The number of hydrogen-bond donors (Lipinski definition) is 2. The van der Waals surface area contributed by atoms with Gasteiger partial charge >= 0.3 is 0 Å². The Hall–Kier alpha value is -1.69. The molecule has 1 aromatic carbocycles. The van der Waals surface area contributed by atoms with Gasteiger partial charge in [-0.25, -0.2) is 0 Å². The number of aliphatic hydroxyl groups is 1. The van der Waals surface area contributed by atoms with E-state index in [4.69, 9.17) is 0 Å². The second-order valence-corrected chi connectivity index (χ2v) is 8.14. The average Bonchev–Trinajstić information content (AvgIpc) is 3.11. The van der Waals surface area contributed by atoms with Crippen molar-refractivity contribution < 1.29 is 5.11 Å². The minimum absolute atomic E-state index is 0.146. The zero-order valence-corrected chi connectivity index (χ0v) is 15.7. The Morgan fingerprint density at radius 3 is 2.68 bits per heavy atom. The van der Waals surface area contributed by atoms with Gasteiger partial charge in [-0.1, -0.05) is 30.3 Å².